The molecule has 586 valence electrons. The number of amides is 4. The van der Waals surface area contributed by atoms with Crippen LogP contribution in [0.1, 0.15) is 194 Å². The number of hydrogen-bond acceptors (Lipinski definition) is 12. The van der Waals surface area contributed by atoms with Crippen molar-refractivity contribution in [2.75, 3.05) is 13.2 Å². The van der Waals surface area contributed by atoms with E-state index in [-0.39, 0.29) is 48.8 Å². The van der Waals surface area contributed by atoms with E-state index in [1.54, 1.807) is 52.0 Å². The van der Waals surface area contributed by atoms with Crippen molar-refractivity contribution in [1.82, 2.24) is 21.3 Å². The van der Waals surface area contributed by atoms with Crippen LogP contribution >= 0.6 is 22.6 Å². The summed E-state index contributed by atoms with van der Waals surface area (Å²) in [7, 11) is -1.29. The maximum Gasteiger partial charge on any atom is 0.480 e. The smallest absolute Gasteiger partial charge is 0.479 e. The van der Waals surface area contributed by atoms with E-state index in [4.69, 9.17) is 19.5 Å². The fourth-order valence-electron chi connectivity index (χ4n) is 14.7. The largest absolute Gasteiger partial charge is 0.480 e. The Labute approximate surface area is 672 Å². The highest BCUT2D eigenvalue weighted by Gasteiger charge is 2.50. The van der Waals surface area contributed by atoms with Gasteiger partial charge in [-0.3, -0.25) is 19.2 Å². The summed E-state index contributed by atoms with van der Waals surface area (Å²) in [5, 5.41) is 47.9. The quantitative estimate of drug-likeness (QED) is 0.0212. The highest BCUT2D eigenvalue weighted by Crippen LogP contribution is 2.37. The monoisotopic (exact) mass is 1630 g/mol. The topological polar surface area (TPSA) is 284 Å². The van der Waals surface area contributed by atoms with E-state index < -0.39 is 41.2 Å². The standard InChI is InChI=1S/C24H27NO3.C22H25NO3.C22H23NO3.C20H20INO3.C4H9BO2/c1-5-28-23(27)24(14-18-10-6-7-11-19(18)15-24)25-22(26)20-12-8-9-17(4)21(20)13-16(2)3;2*1-14(2)11-19-15(3)7-6-10-18(19)20(24)23-22(21(25)26)12-16-8-4-5-9-17(16)13-22;1-3-25-19(24)20(11-14-8-4-5-9-15(14)12-20)22-18(23)16-10-6-7-13(2)17(16)21;1-4(2)3-5(6)7/h6-13H,5,14-15H2,1-4H3,(H,25,26);4-10,14H,11-13H2,1-3H3,(H,23,24)(H,25,26);4-11H,12-13H2,1-3H3,(H,23,24)(H,25,26);4-10H,3,11-12H2,1-2H3,(H,22,23);3,6-7H,1-2H3. The molecule has 0 saturated carbocycles. The molecule has 12 rings (SSSR count). The first-order chi connectivity index (χ1) is 53.1. The van der Waals surface area contributed by atoms with Crippen LogP contribution in [0, 0.1) is 37.2 Å². The number of fused-ring (bicyclic) bond motifs is 4. The zero-order valence-corrected chi connectivity index (χ0v) is 68.7. The highest BCUT2D eigenvalue weighted by atomic mass is 127. The third-order valence-corrected chi connectivity index (χ3v) is 21.6. The molecule has 0 heterocycles. The van der Waals surface area contributed by atoms with Crippen LogP contribution in [0.3, 0.4) is 0 Å². The Balaban J connectivity index is 0.000000182. The summed E-state index contributed by atoms with van der Waals surface area (Å²) in [6.45, 7) is 27.8. The Morgan fingerprint density at radius 3 is 0.964 bits per heavy atom. The van der Waals surface area contributed by atoms with Gasteiger partial charge in [0.2, 0.25) is 0 Å². The minimum absolute atomic E-state index is 0.242. The molecule has 0 aromatic heterocycles. The van der Waals surface area contributed by atoms with Gasteiger partial charge in [0, 0.05) is 71.6 Å². The lowest BCUT2D eigenvalue weighted by Gasteiger charge is -2.28. The molecule has 8 aromatic rings. The van der Waals surface area contributed by atoms with Crippen molar-refractivity contribution in [2.24, 2.45) is 5.92 Å². The summed E-state index contributed by atoms with van der Waals surface area (Å²) in [5.41, 5.74) is 15.7. The second kappa shape index (κ2) is 38.6. The van der Waals surface area contributed by atoms with Crippen LogP contribution in [-0.2, 0) is 86.4 Å². The third-order valence-electron chi connectivity index (χ3n) is 20.2. The van der Waals surface area contributed by atoms with E-state index in [1.165, 1.54) is 5.98 Å². The van der Waals surface area contributed by atoms with Crippen molar-refractivity contribution >= 4 is 89.4 Å². The van der Waals surface area contributed by atoms with E-state index in [0.717, 1.165) is 110 Å². The molecule has 18 nitrogen and oxygen atoms in total. The minimum atomic E-state index is -1.30. The van der Waals surface area contributed by atoms with Crippen LogP contribution in [0.5, 0.6) is 0 Å². The van der Waals surface area contributed by atoms with E-state index in [9.17, 15) is 48.6 Å². The summed E-state index contributed by atoms with van der Waals surface area (Å²) in [5.74, 6) is -2.12. The Hall–Kier alpha value is -10.5. The summed E-state index contributed by atoms with van der Waals surface area (Å²) in [4.78, 5) is 102. The fraction of sp³-hybridized carbons (Fsp3) is 0.326. The van der Waals surface area contributed by atoms with Crippen LogP contribution in [0.15, 0.2) is 193 Å². The van der Waals surface area contributed by atoms with Crippen molar-refractivity contribution in [3.05, 3.63) is 302 Å². The zero-order chi connectivity index (χ0) is 82.0. The van der Waals surface area contributed by atoms with Gasteiger partial charge >= 0.3 is 31.0 Å². The average molecular weight is 1630 g/mol. The molecule has 0 unspecified atom stereocenters. The predicted molar refractivity (Wildman–Crippen MR) is 449 cm³/mol. The van der Waals surface area contributed by atoms with Gasteiger partial charge in [0.25, 0.3) is 23.6 Å². The molecule has 4 amide bonds. The predicted octanol–water partition coefficient (Wildman–Crippen LogP) is 15.0. The second-order valence-corrected chi connectivity index (χ2v) is 31.6. The summed E-state index contributed by atoms with van der Waals surface area (Å²) in [6, 6.07) is 53.5. The number of carbonyl (C=O) groups is 8. The lowest BCUT2D eigenvalue weighted by Crippen LogP contribution is -2.56. The number of carboxylic acids is 2. The van der Waals surface area contributed by atoms with Crippen molar-refractivity contribution in [3.63, 3.8) is 0 Å². The van der Waals surface area contributed by atoms with E-state index in [1.807, 2.05) is 213 Å². The van der Waals surface area contributed by atoms with Gasteiger partial charge in [-0.15, -0.1) is 0 Å². The number of allylic oxidation sites excluding steroid dienone is 3. The number of ether oxygens (including phenoxy) is 2. The number of carbonyl (C=O) groups excluding carboxylic acids is 6. The number of benzene rings is 8. The maximum atomic E-state index is 13.3. The van der Waals surface area contributed by atoms with Gasteiger partial charge in [0.1, 0.15) is 22.2 Å². The Morgan fingerprint density at radius 1 is 0.402 bits per heavy atom. The lowest BCUT2D eigenvalue weighted by atomic mass is 9.89. The van der Waals surface area contributed by atoms with Crippen molar-refractivity contribution in [2.45, 2.75) is 177 Å². The van der Waals surface area contributed by atoms with E-state index in [2.05, 4.69) is 57.7 Å². The highest BCUT2D eigenvalue weighted by molar-refractivity contribution is 14.1. The Kier molecular flexibility index (Phi) is 30.0. The maximum absolute atomic E-state index is 13.3. The Bertz CT molecular complexity index is 4830. The second-order valence-electron chi connectivity index (χ2n) is 30.5. The number of aliphatic carboxylic acids is 2. The fourth-order valence-corrected chi connectivity index (χ4v) is 15.3. The van der Waals surface area contributed by atoms with Gasteiger partial charge in [-0.05, 0) is 226 Å². The van der Waals surface area contributed by atoms with Crippen LogP contribution in [-0.4, -0.2) is 110 Å². The SMILES string of the molecule is CC(C)=CB(O)O.CC(C)=Cc1c(C)cccc1C(=O)NC1(C(=O)O)Cc2ccccc2C1.CCOC(=O)C1(NC(=O)c2cccc(C)c2C=C(C)C)Cc2ccccc2C1.CCOC(=O)C1(NC(=O)c2cccc(C)c2I)Cc2ccccc2C1.Cc1cccc(C(=O)NC2(C(=O)O)Cc3ccccc3C2)c1CC(C)C. The summed E-state index contributed by atoms with van der Waals surface area (Å²) >= 11 is 2.17. The molecule has 0 spiro atoms. The molecule has 8 N–H and O–H groups in total. The number of halogens is 1. The lowest BCUT2D eigenvalue weighted by molar-refractivity contribution is -0.151. The molecule has 112 heavy (non-hydrogen) atoms. The molecule has 0 atom stereocenters. The molecule has 0 aliphatic heterocycles. The van der Waals surface area contributed by atoms with Gasteiger partial charge in [-0.2, -0.15) is 0 Å². The Morgan fingerprint density at radius 2 is 0.679 bits per heavy atom. The van der Waals surface area contributed by atoms with Gasteiger partial charge in [0.05, 0.1) is 18.8 Å². The van der Waals surface area contributed by atoms with Crippen LogP contribution in [0.2, 0.25) is 0 Å². The normalized spacial score (nSPS) is 14.1. The van der Waals surface area contributed by atoms with Gasteiger partial charge in [0.15, 0.2) is 0 Å². The van der Waals surface area contributed by atoms with E-state index in [0.29, 0.717) is 79.5 Å². The number of carboxylic acid groups (broad SMARTS) is 2. The first-order valence-corrected chi connectivity index (χ1v) is 38.9. The van der Waals surface area contributed by atoms with Gasteiger partial charge in [-0.1, -0.05) is 194 Å². The van der Waals surface area contributed by atoms with Gasteiger partial charge in [-0.25, -0.2) is 19.2 Å². The molecule has 0 bridgehead atoms. The summed E-state index contributed by atoms with van der Waals surface area (Å²) < 4.78 is 11.5. The minimum Gasteiger partial charge on any atom is -0.479 e. The molecular weight excluding hydrogens is 1520 g/mol. The van der Waals surface area contributed by atoms with Crippen molar-refractivity contribution in [3.8, 4) is 0 Å². The van der Waals surface area contributed by atoms with Gasteiger partial charge < -0.3 is 51.0 Å². The number of nitrogens with one attached hydrogen (secondary N) is 4. The van der Waals surface area contributed by atoms with Crippen molar-refractivity contribution in [1.29, 1.82) is 0 Å². The molecule has 0 saturated heterocycles. The number of rotatable bonds is 19. The molecule has 20 heteroatoms. The molecular formula is C92H104BIN4O14. The van der Waals surface area contributed by atoms with Crippen molar-refractivity contribution < 1.29 is 68.1 Å². The number of esters is 2. The zero-order valence-electron chi connectivity index (χ0n) is 66.6. The summed E-state index contributed by atoms with van der Waals surface area (Å²) in [6.07, 6.45) is 7.77. The first-order valence-electron chi connectivity index (χ1n) is 37.8. The average Bonchev–Trinajstić information content (AvgIpc) is 1.61. The number of aryl methyl sites for hydroxylation is 4. The van der Waals surface area contributed by atoms with Crippen LogP contribution in [0.4, 0.5) is 0 Å². The molecule has 8 aromatic carbocycles. The van der Waals surface area contributed by atoms with Crippen LogP contribution in [0.25, 0.3) is 12.2 Å². The van der Waals surface area contributed by atoms with Crippen LogP contribution < -0.4 is 21.3 Å². The molecule has 0 radical (unpaired) electrons. The first kappa shape index (κ1) is 87.0. The van der Waals surface area contributed by atoms with E-state index >= 15 is 0 Å². The molecule has 4 aliphatic carbocycles. The number of hydrogen-bond donors (Lipinski definition) is 8. The molecule has 4 aliphatic rings. The third kappa shape index (κ3) is 21.6. The molecule has 0 fully saturated rings.